The molecule has 0 saturated carbocycles. The van der Waals surface area contributed by atoms with Crippen LogP contribution in [0.25, 0.3) is 0 Å². The molecule has 3 heteroatoms. The Morgan fingerprint density at radius 1 is 1.25 bits per heavy atom. The number of thioether (sulfide) groups is 1. The summed E-state index contributed by atoms with van der Waals surface area (Å²) < 4.78 is 1.16. The largest absolute Gasteiger partial charge is 0.383 e. The Kier molecular flexibility index (Phi) is 4.08. The third-order valence-electron chi connectivity index (χ3n) is 3.76. The number of hydrogen-bond donors (Lipinski definition) is 1. The van der Waals surface area contributed by atoms with Crippen molar-refractivity contribution in [2.75, 3.05) is 17.6 Å². The number of aryl methyl sites for hydroxylation is 2. The number of hydrogen-bond acceptors (Lipinski definition) is 2. The molecule has 0 amide bonds. The van der Waals surface area contributed by atoms with Gasteiger partial charge in [0.1, 0.15) is 0 Å². The molecule has 0 aromatic heterocycles. The van der Waals surface area contributed by atoms with Crippen LogP contribution in [0.1, 0.15) is 22.6 Å². The van der Waals surface area contributed by atoms with Gasteiger partial charge in [-0.25, -0.2) is 0 Å². The highest BCUT2D eigenvalue weighted by Crippen LogP contribution is 2.39. The minimum Gasteiger partial charge on any atom is -0.383 e. The fourth-order valence-electron chi connectivity index (χ4n) is 2.76. The molecule has 1 aliphatic heterocycles. The Morgan fingerprint density at radius 2 is 2.05 bits per heavy atom. The Hall–Kier alpha value is -0.930. The molecule has 0 radical (unpaired) electrons. The van der Waals surface area contributed by atoms with E-state index in [-0.39, 0.29) is 0 Å². The third-order valence-corrected chi connectivity index (χ3v) is 5.63. The maximum absolute atomic E-state index is 3.67. The smallest absolute Gasteiger partial charge is 0.0514 e. The first-order chi connectivity index (χ1) is 9.65. The highest BCUT2D eigenvalue weighted by atomic mass is 79.9. The van der Waals surface area contributed by atoms with Crippen LogP contribution in [0.5, 0.6) is 0 Å². The van der Waals surface area contributed by atoms with Crippen molar-refractivity contribution < 1.29 is 0 Å². The van der Waals surface area contributed by atoms with Crippen LogP contribution in [0.3, 0.4) is 0 Å². The van der Waals surface area contributed by atoms with E-state index in [9.17, 15) is 0 Å². The first-order valence-electron chi connectivity index (χ1n) is 6.87. The zero-order valence-electron chi connectivity index (χ0n) is 11.7. The van der Waals surface area contributed by atoms with Crippen LogP contribution in [-0.4, -0.2) is 12.3 Å². The van der Waals surface area contributed by atoms with Gasteiger partial charge in [0.25, 0.3) is 0 Å². The highest BCUT2D eigenvalue weighted by Gasteiger charge is 2.22. The highest BCUT2D eigenvalue weighted by molar-refractivity contribution is 9.10. The molecule has 20 heavy (non-hydrogen) atoms. The summed E-state index contributed by atoms with van der Waals surface area (Å²) in [6.07, 6.45) is 0. The Bertz CT molecular complexity index is 616. The van der Waals surface area contributed by atoms with Gasteiger partial charge in [-0.05, 0) is 58.6 Å². The van der Waals surface area contributed by atoms with Gasteiger partial charge in [-0.1, -0.05) is 24.3 Å². The van der Waals surface area contributed by atoms with Gasteiger partial charge >= 0.3 is 0 Å². The second-order valence-electron chi connectivity index (χ2n) is 5.37. The van der Waals surface area contributed by atoms with E-state index in [0.717, 1.165) is 11.0 Å². The van der Waals surface area contributed by atoms with Crippen molar-refractivity contribution >= 4 is 33.4 Å². The number of benzene rings is 2. The molecule has 0 spiro atoms. The van der Waals surface area contributed by atoms with Gasteiger partial charge in [0.2, 0.25) is 0 Å². The molecule has 2 aromatic carbocycles. The first-order valence-corrected chi connectivity index (χ1v) is 8.65. The van der Waals surface area contributed by atoms with Gasteiger partial charge in [-0.3, -0.25) is 0 Å². The van der Waals surface area contributed by atoms with E-state index in [2.05, 4.69) is 71.5 Å². The Morgan fingerprint density at radius 3 is 2.85 bits per heavy atom. The van der Waals surface area contributed by atoms with E-state index < -0.39 is 0 Å². The minimum atomic E-state index is 0.601. The van der Waals surface area contributed by atoms with Gasteiger partial charge in [0.15, 0.2) is 0 Å². The average molecular weight is 348 g/mol. The fraction of sp³-hybridized carbons (Fsp3) is 0.294. The number of rotatable bonds is 3. The molecule has 3 rings (SSSR count). The monoisotopic (exact) mass is 347 g/mol. The summed E-state index contributed by atoms with van der Waals surface area (Å²) in [5.74, 6) is 1.78. The molecular weight excluding hydrogens is 330 g/mol. The van der Waals surface area contributed by atoms with Gasteiger partial charge in [-0.2, -0.15) is 0 Å². The molecule has 0 saturated heterocycles. The topological polar surface area (TPSA) is 12.0 Å². The lowest BCUT2D eigenvalue weighted by atomic mass is 10.0. The first kappa shape index (κ1) is 14.0. The summed E-state index contributed by atoms with van der Waals surface area (Å²) >= 11 is 5.64. The van der Waals surface area contributed by atoms with E-state index in [1.54, 1.807) is 0 Å². The quantitative estimate of drug-likeness (QED) is 0.801. The molecule has 1 unspecified atom stereocenters. The predicted molar refractivity (Wildman–Crippen MR) is 92.0 cm³/mol. The third kappa shape index (κ3) is 2.75. The summed E-state index contributed by atoms with van der Waals surface area (Å²) in [6, 6.07) is 13.2. The molecule has 0 aliphatic carbocycles. The summed E-state index contributed by atoms with van der Waals surface area (Å²) in [5, 5.41) is 3.63. The predicted octanol–water partition coefficient (Wildman–Crippen LogP) is 5.37. The van der Waals surface area contributed by atoms with Crippen LogP contribution >= 0.6 is 27.7 Å². The number of anilines is 1. The second-order valence-corrected chi connectivity index (χ2v) is 7.28. The molecule has 104 valence electrons. The number of fused-ring (bicyclic) bond motifs is 1. The van der Waals surface area contributed by atoms with Crippen LogP contribution in [0, 0.1) is 13.8 Å². The van der Waals surface area contributed by atoms with Crippen LogP contribution in [0.2, 0.25) is 0 Å². The summed E-state index contributed by atoms with van der Waals surface area (Å²) in [5.41, 5.74) is 5.31. The maximum Gasteiger partial charge on any atom is 0.0514 e. The van der Waals surface area contributed by atoms with Crippen LogP contribution in [-0.2, 0) is 0 Å². The van der Waals surface area contributed by atoms with Crippen molar-refractivity contribution in [3.8, 4) is 0 Å². The normalized spacial score (nSPS) is 17.1. The zero-order chi connectivity index (χ0) is 14.1. The maximum atomic E-state index is 3.67. The Balaban J connectivity index is 1.76. The van der Waals surface area contributed by atoms with Crippen molar-refractivity contribution in [1.82, 2.24) is 0 Å². The molecular formula is C17H18BrNS. The molecule has 0 fully saturated rings. The second kappa shape index (κ2) is 5.82. The molecule has 1 N–H and O–H groups in total. The molecule has 1 atom stereocenters. The van der Waals surface area contributed by atoms with E-state index in [4.69, 9.17) is 0 Å². The van der Waals surface area contributed by atoms with Crippen molar-refractivity contribution in [2.45, 2.75) is 24.7 Å². The fourth-order valence-corrected chi connectivity index (χ4v) is 4.83. The molecule has 1 nitrogen and oxygen atoms in total. The van der Waals surface area contributed by atoms with Gasteiger partial charge < -0.3 is 5.32 Å². The Labute approximate surface area is 133 Å². The van der Waals surface area contributed by atoms with Crippen molar-refractivity contribution in [1.29, 1.82) is 0 Å². The lowest BCUT2D eigenvalue weighted by molar-refractivity contribution is 0.817. The van der Waals surface area contributed by atoms with E-state index in [1.807, 2.05) is 11.8 Å². The number of nitrogens with one attached hydrogen (secondary N) is 1. The summed E-state index contributed by atoms with van der Waals surface area (Å²) in [7, 11) is 0. The van der Waals surface area contributed by atoms with E-state index >= 15 is 0 Å². The molecule has 1 aliphatic rings. The van der Waals surface area contributed by atoms with Crippen LogP contribution < -0.4 is 5.32 Å². The van der Waals surface area contributed by atoms with Gasteiger partial charge in [0.05, 0.1) is 5.69 Å². The standard InChI is InChI=1S/C17H18BrNS/c1-11-7-12(2)17(15(18)8-11)19-9-13-10-20-16-6-4-3-5-14(13)16/h3-8,13,19H,9-10H2,1-2H3. The minimum absolute atomic E-state index is 0.601. The summed E-state index contributed by atoms with van der Waals surface area (Å²) in [6.45, 7) is 5.29. The average Bonchev–Trinajstić information content (AvgIpc) is 2.81. The lowest BCUT2D eigenvalue weighted by Gasteiger charge is -2.16. The van der Waals surface area contributed by atoms with E-state index in [0.29, 0.717) is 5.92 Å². The van der Waals surface area contributed by atoms with Crippen LogP contribution in [0.15, 0.2) is 45.8 Å². The SMILES string of the molecule is Cc1cc(C)c(NCC2CSc3ccccc32)c(Br)c1. The van der Waals surface area contributed by atoms with Crippen LogP contribution in [0.4, 0.5) is 5.69 Å². The lowest BCUT2D eigenvalue weighted by Crippen LogP contribution is -2.13. The van der Waals surface area contributed by atoms with E-state index in [1.165, 1.54) is 33.0 Å². The summed E-state index contributed by atoms with van der Waals surface area (Å²) in [4.78, 5) is 1.44. The van der Waals surface area contributed by atoms with Gasteiger partial charge in [-0.15, -0.1) is 11.8 Å². The van der Waals surface area contributed by atoms with Gasteiger partial charge in [0, 0.05) is 27.6 Å². The molecule has 0 bridgehead atoms. The molecule has 1 heterocycles. The molecule has 2 aromatic rings. The van der Waals surface area contributed by atoms with Crippen molar-refractivity contribution in [3.63, 3.8) is 0 Å². The van der Waals surface area contributed by atoms with Crippen molar-refractivity contribution in [3.05, 3.63) is 57.6 Å². The zero-order valence-corrected chi connectivity index (χ0v) is 14.1. The van der Waals surface area contributed by atoms with Crippen molar-refractivity contribution in [2.24, 2.45) is 0 Å². The number of halogens is 1.